The van der Waals surface area contributed by atoms with Gasteiger partial charge in [0.2, 0.25) is 0 Å². The topological polar surface area (TPSA) is 47.7 Å². The fourth-order valence-electron chi connectivity index (χ4n) is 1.58. The smallest absolute Gasteiger partial charge is 0.0762 e. The highest BCUT2D eigenvalue weighted by Crippen LogP contribution is 2.01. The molecule has 0 bridgehead atoms. The van der Waals surface area contributed by atoms with Crippen LogP contribution in [0.3, 0.4) is 0 Å². The molecule has 5 nitrogen and oxygen atoms in total. The molecule has 2 aromatic rings. The van der Waals surface area contributed by atoms with Crippen LogP contribution >= 0.6 is 0 Å². The van der Waals surface area contributed by atoms with Crippen molar-refractivity contribution >= 4 is 0 Å². The number of rotatable bonds is 5. The lowest BCUT2D eigenvalue weighted by atomic mass is 10.4. The van der Waals surface area contributed by atoms with Crippen LogP contribution in [0.1, 0.15) is 18.2 Å². The molecule has 86 valence electrons. The largest absolute Gasteiger partial charge is 0.311 e. The van der Waals surface area contributed by atoms with Crippen molar-refractivity contribution in [3.05, 3.63) is 35.9 Å². The standard InChI is InChI=1S/C11H17N5/c1-3-12-7-11-4-5-16(14-11)9-10-6-13-15(2)8-10/h4-6,8,12H,3,7,9H2,1-2H3. The highest BCUT2D eigenvalue weighted by molar-refractivity contribution is 5.06. The van der Waals surface area contributed by atoms with Crippen molar-refractivity contribution in [3.63, 3.8) is 0 Å². The van der Waals surface area contributed by atoms with Crippen LogP contribution in [0.2, 0.25) is 0 Å². The minimum atomic E-state index is 0.778. The molecule has 0 amide bonds. The summed E-state index contributed by atoms with van der Waals surface area (Å²) in [4.78, 5) is 0. The lowest BCUT2D eigenvalue weighted by Crippen LogP contribution is -2.12. The van der Waals surface area contributed by atoms with Gasteiger partial charge in [-0.1, -0.05) is 6.92 Å². The van der Waals surface area contributed by atoms with Crippen LogP contribution in [0.25, 0.3) is 0 Å². The summed E-state index contributed by atoms with van der Waals surface area (Å²) >= 11 is 0. The molecule has 16 heavy (non-hydrogen) atoms. The first-order chi connectivity index (χ1) is 7.78. The van der Waals surface area contributed by atoms with Crippen molar-refractivity contribution in [2.45, 2.75) is 20.0 Å². The van der Waals surface area contributed by atoms with Gasteiger partial charge in [-0.3, -0.25) is 9.36 Å². The van der Waals surface area contributed by atoms with E-state index in [0.29, 0.717) is 0 Å². The van der Waals surface area contributed by atoms with E-state index in [-0.39, 0.29) is 0 Å². The molecule has 0 radical (unpaired) electrons. The lowest BCUT2D eigenvalue weighted by molar-refractivity contribution is 0.644. The number of aromatic nitrogens is 4. The molecule has 2 heterocycles. The first-order valence-corrected chi connectivity index (χ1v) is 5.48. The van der Waals surface area contributed by atoms with E-state index in [4.69, 9.17) is 0 Å². The predicted octanol–water partition coefficient (Wildman–Crippen LogP) is 0.774. The molecule has 0 saturated carbocycles. The van der Waals surface area contributed by atoms with Gasteiger partial charge in [0.05, 0.1) is 18.4 Å². The molecule has 2 aromatic heterocycles. The molecule has 5 heteroatoms. The second-order valence-corrected chi connectivity index (χ2v) is 3.81. The minimum absolute atomic E-state index is 0.778. The summed E-state index contributed by atoms with van der Waals surface area (Å²) in [7, 11) is 1.92. The van der Waals surface area contributed by atoms with E-state index >= 15 is 0 Å². The minimum Gasteiger partial charge on any atom is -0.311 e. The fraction of sp³-hybridized carbons (Fsp3) is 0.455. The third-order valence-electron chi connectivity index (χ3n) is 2.35. The van der Waals surface area contributed by atoms with E-state index in [9.17, 15) is 0 Å². The molecule has 0 aliphatic rings. The molecule has 2 rings (SSSR count). The highest BCUT2D eigenvalue weighted by Gasteiger charge is 2.00. The Morgan fingerprint density at radius 3 is 3.00 bits per heavy atom. The molecule has 0 aromatic carbocycles. The van der Waals surface area contributed by atoms with Gasteiger partial charge in [0, 0.05) is 31.5 Å². The zero-order valence-electron chi connectivity index (χ0n) is 9.72. The Morgan fingerprint density at radius 2 is 2.31 bits per heavy atom. The van der Waals surface area contributed by atoms with E-state index in [1.807, 2.05) is 36.4 Å². The summed E-state index contributed by atoms with van der Waals surface area (Å²) in [5.74, 6) is 0. The summed E-state index contributed by atoms with van der Waals surface area (Å²) in [5.41, 5.74) is 2.24. The fourth-order valence-corrected chi connectivity index (χ4v) is 1.58. The summed E-state index contributed by atoms with van der Waals surface area (Å²) < 4.78 is 3.74. The Morgan fingerprint density at radius 1 is 1.44 bits per heavy atom. The zero-order chi connectivity index (χ0) is 11.4. The number of hydrogen-bond acceptors (Lipinski definition) is 3. The van der Waals surface area contributed by atoms with Crippen molar-refractivity contribution < 1.29 is 0 Å². The maximum atomic E-state index is 4.47. The quantitative estimate of drug-likeness (QED) is 0.808. The third kappa shape index (κ3) is 2.70. The van der Waals surface area contributed by atoms with Crippen molar-refractivity contribution in [1.29, 1.82) is 0 Å². The average molecular weight is 219 g/mol. The summed E-state index contributed by atoms with van der Waals surface area (Å²) in [6.07, 6.45) is 5.87. The second-order valence-electron chi connectivity index (χ2n) is 3.81. The molecule has 0 aliphatic carbocycles. The second kappa shape index (κ2) is 4.94. The number of nitrogens with one attached hydrogen (secondary N) is 1. The van der Waals surface area contributed by atoms with E-state index in [1.54, 1.807) is 4.68 Å². The van der Waals surface area contributed by atoms with Crippen molar-refractivity contribution in [2.24, 2.45) is 7.05 Å². The Labute approximate surface area is 95.1 Å². The van der Waals surface area contributed by atoms with Crippen LogP contribution in [-0.2, 0) is 20.1 Å². The molecule has 0 unspecified atom stereocenters. The maximum absolute atomic E-state index is 4.47. The van der Waals surface area contributed by atoms with Gasteiger partial charge in [0.1, 0.15) is 0 Å². The van der Waals surface area contributed by atoms with Crippen LogP contribution in [0.4, 0.5) is 0 Å². The molecule has 0 fully saturated rings. The van der Waals surface area contributed by atoms with Gasteiger partial charge in [-0.05, 0) is 12.6 Å². The first-order valence-electron chi connectivity index (χ1n) is 5.48. The first kappa shape index (κ1) is 10.9. The van der Waals surface area contributed by atoms with Crippen molar-refractivity contribution in [3.8, 4) is 0 Å². The Hall–Kier alpha value is -1.62. The van der Waals surface area contributed by atoms with Gasteiger partial charge in [-0.15, -0.1) is 0 Å². The number of aryl methyl sites for hydroxylation is 1. The lowest BCUT2D eigenvalue weighted by Gasteiger charge is -1.98. The van der Waals surface area contributed by atoms with E-state index in [2.05, 4.69) is 22.4 Å². The van der Waals surface area contributed by atoms with Crippen LogP contribution < -0.4 is 5.32 Å². The van der Waals surface area contributed by atoms with Crippen LogP contribution in [0, 0.1) is 0 Å². The van der Waals surface area contributed by atoms with E-state index in [0.717, 1.165) is 25.3 Å². The zero-order valence-corrected chi connectivity index (χ0v) is 9.72. The van der Waals surface area contributed by atoms with Crippen molar-refractivity contribution in [2.75, 3.05) is 6.54 Å². The average Bonchev–Trinajstić information content (AvgIpc) is 2.86. The third-order valence-corrected chi connectivity index (χ3v) is 2.35. The normalized spacial score (nSPS) is 10.9. The van der Waals surface area contributed by atoms with Gasteiger partial charge in [-0.25, -0.2) is 0 Å². The molecular formula is C11H17N5. The van der Waals surface area contributed by atoms with Crippen LogP contribution in [0.5, 0.6) is 0 Å². The molecule has 0 aliphatic heterocycles. The van der Waals surface area contributed by atoms with Gasteiger partial charge in [0.15, 0.2) is 0 Å². The summed E-state index contributed by atoms with van der Waals surface area (Å²) in [6.45, 7) is 4.67. The number of hydrogen-bond donors (Lipinski definition) is 1. The Balaban J connectivity index is 1.97. The monoisotopic (exact) mass is 219 g/mol. The molecule has 0 spiro atoms. The Kier molecular flexibility index (Phi) is 3.36. The summed E-state index contributed by atoms with van der Waals surface area (Å²) in [5, 5.41) is 11.9. The van der Waals surface area contributed by atoms with E-state index < -0.39 is 0 Å². The SMILES string of the molecule is CCNCc1ccn(Cc2cnn(C)c2)n1. The van der Waals surface area contributed by atoms with Crippen LogP contribution in [0.15, 0.2) is 24.7 Å². The van der Waals surface area contributed by atoms with Crippen molar-refractivity contribution in [1.82, 2.24) is 24.9 Å². The molecule has 1 N–H and O–H groups in total. The number of nitrogens with zero attached hydrogens (tertiary/aromatic N) is 4. The van der Waals surface area contributed by atoms with Gasteiger partial charge < -0.3 is 5.32 Å². The maximum Gasteiger partial charge on any atom is 0.0762 e. The Bertz CT molecular complexity index is 443. The van der Waals surface area contributed by atoms with Gasteiger partial charge in [-0.2, -0.15) is 10.2 Å². The highest BCUT2D eigenvalue weighted by atomic mass is 15.3. The molecular weight excluding hydrogens is 202 g/mol. The van der Waals surface area contributed by atoms with Crippen LogP contribution in [-0.4, -0.2) is 26.1 Å². The summed E-state index contributed by atoms with van der Waals surface area (Å²) in [6, 6.07) is 2.04. The molecule has 0 atom stereocenters. The predicted molar refractivity (Wildman–Crippen MR) is 61.9 cm³/mol. The van der Waals surface area contributed by atoms with E-state index in [1.165, 1.54) is 5.56 Å². The molecule has 0 saturated heterocycles. The van der Waals surface area contributed by atoms with Gasteiger partial charge in [0.25, 0.3) is 0 Å². The van der Waals surface area contributed by atoms with Gasteiger partial charge >= 0.3 is 0 Å².